The standard InChI is InChI=1S/C8H10O2S/c1-6(10-2)8(9)7-4-3-5-11-7/h3-6H,1-2H3. The Bertz CT molecular complexity index is 228. The van der Waals surface area contributed by atoms with Crippen LogP contribution in [0.5, 0.6) is 0 Å². The van der Waals surface area contributed by atoms with Gasteiger partial charge in [-0.1, -0.05) is 6.07 Å². The number of carbonyl (C=O) groups excluding carboxylic acids is 1. The van der Waals surface area contributed by atoms with Gasteiger partial charge in [0.1, 0.15) is 6.10 Å². The SMILES string of the molecule is COC(C)C(=O)c1cccs1. The van der Waals surface area contributed by atoms with Gasteiger partial charge in [-0.15, -0.1) is 11.3 Å². The maximum atomic E-state index is 11.3. The zero-order valence-corrected chi connectivity index (χ0v) is 7.35. The molecular weight excluding hydrogens is 160 g/mol. The lowest BCUT2D eigenvalue weighted by Crippen LogP contribution is -2.17. The summed E-state index contributed by atoms with van der Waals surface area (Å²) in [5, 5.41) is 1.88. The molecule has 0 radical (unpaired) electrons. The molecule has 3 heteroatoms. The van der Waals surface area contributed by atoms with E-state index in [9.17, 15) is 4.79 Å². The number of thiophene rings is 1. The first-order valence-electron chi connectivity index (χ1n) is 3.36. The second-order valence-corrected chi connectivity index (χ2v) is 3.17. The fraction of sp³-hybridized carbons (Fsp3) is 0.375. The number of rotatable bonds is 3. The molecule has 0 aliphatic carbocycles. The van der Waals surface area contributed by atoms with Crippen molar-refractivity contribution in [2.75, 3.05) is 7.11 Å². The van der Waals surface area contributed by atoms with Crippen molar-refractivity contribution >= 4 is 17.1 Å². The van der Waals surface area contributed by atoms with E-state index in [-0.39, 0.29) is 11.9 Å². The van der Waals surface area contributed by atoms with E-state index >= 15 is 0 Å². The molecule has 0 amide bonds. The molecule has 0 aliphatic rings. The van der Waals surface area contributed by atoms with Crippen molar-refractivity contribution in [2.45, 2.75) is 13.0 Å². The van der Waals surface area contributed by atoms with Crippen molar-refractivity contribution < 1.29 is 9.53 Å². The van der Waals surface area contributed by atoms with Crippen LogP contribution in [0.3, 0.4) is 0 Å². The fourth-order valence-corrected chi connectivity index (χ4v) is 1.47. The lowest BCUT2D eigenvalue weighted by atomic mass is 10.2. The van der Waals surface area contributed by atoms with Gasteiger partial charge in [-0.05, 0) is 18.4 Å². The summed E-state index contributed by atoms with van der Waals surface area (Å²) in [5.74, 6) is 0.0579. The molecule has 1 heterocycles. The van der Waals surface area contributed by atoms with E-state index < -0.39 is 0 Å². The number of ether oxygens (including phenoxy) is 1. The van der Waals surface area contributed by atoms with E-state index in [4.69, 9.17) is 4.74 Å². The first kappa shape index (κ1) is 8.43. The van der Waals surface area contributed by atoms with E-state index in [1.165, 1.54) is 18.4 Å². The molecule has 0 fully saturated rings. The highest BCUT2D eigenvalue weighted by molar-refractivity contribution is 7.12. The summed E-state index contributed by atoms with van der Waals surface area (Å²) in [5.41, 5.74) is 0. The minimum Gasteiger partial charge on any atom is -0.374 e. The van der Waals surface area contributed by atoms with Crippen molar-refractivity contribution in [3.8, 4) is 0 Å². The van der Waals surface area contributed by atoms with Crippen LogP contribution in [0, 0.1) is 0 Å². The molecule has 1 atom stereocenters. The van der Waals surface area contributed by atoms with Crippen LogP contribution in [-0.4, -0.2) is 19.0 Å². The summed E-state index contributed by atoms with van der Waals surface area (Å²) in [4.78, 5) is 12.1. The lowest BCUT2D eigenvalue weighted by Gasteiger charge is -2.04. The minimum atomic E-state index is -0.325. The van der Waals surface area contributed by atoms with Gasteiger partial charge in [0, 0.05) is 7.11 Å². The van der Waals surface area contributed by atoms with Gasteiger partial charge in [0.25, 0.3) is 0 Å². The Morgan fingerprint density at radius 2 is 2.45 bits per heavy atom. The van der Waals surface area contributed by atoms with Crippen molar-refractivity contribution in [1.29, 1.82) is 0 Å². The molecular formula is C8H10O2S. The van der Waals surface area contributed by atoms with Gasteiger partial charge < -0.3 is 4.74 Å². The first-order valence-corrected chi connectivity index (χ1v) is 4.24. The lowest BCUT2D eigenvalue weighted by molar-refractivity contribution is 0.0660. The maximum Gasteiger partial charge on any atom is 0.201 e. The number of carbonyl (C=O) groups is 1. The minimum absolute atomic E-state index is 0.0579. The van der Waals surface area contributed by atoms with Crippen LogP contribution in [0.25, 0.3) is 0 Å². The molecule has 11 heavy (non-hydrogen) atoms. The Hall–Kier alpha value is -0.670. The Labute approximate surface area is 69.8 Å². The Balaban J connectivity index is 2.70. The summed E-state index contributed by atoms with van der Waals surface area (Å²) in [6.07, 6.45) is -0.325. The number of hydrogen-bond acceptors (Lipinski definition) is 3. The van der Waals surface area contributed by atoms with Gasteiger partial charge in [0.05, 0.1) is 4.88 Å². The average Bonchev–Trinajstić information content (AvgIpc) is 2.53. The highest BCUT2D eigenvalue weighted by Crippen LogP contribution is 2.12. The molecule has 60 valence electrons. The molecule has 0 spiro atoms. The predicted molar refractivity (Wildman–Crippen MR) is 45.1 cm³/mol. The molecule has 1 rings (SSSR count). The molecule has 0 saturated carbocycles. The number of hydrogen-bond donors (Lipinski definition) is 0. The molecule has 1 aromatic rings. The van der Waals surface area contributed by atoms with Crippen LogP contribution < -0.4 is 0 Å². The quantitative estimate of drug-likeness (QED) is 0.648. The molecule has 2 nitrogen and oxygen atoms in total. The Kier molecular flexibility index (Phi) is 2.79. The van der Waals surface area contributed by atoms with Crippen molar-refractivity contribution in [2.24, 2.45) is 0 Å². The van der Waals surface area contributed by atoms with E-state index in [2.05, 4.69) is 0 Å². The second-order valence-electron chi connectivity index (χ2n) is 2.22. The molecule has 0 aliphatic heterocycles. The molecule has 1 unspecified atom stereocenters. The zero-order valence-electron chi connectivity index (χ0n) is 6.53. The van der Waals surface area contributed by atoms with E-state index in [1.807, 2.05) is 17.5 Å². The zero-order chi connectivity index (χ0) is 8.27. The topological polar surface area (TPSA) is 26.3 Å². The van der Waals surface area contributed by atoms with Crippen LogP contribution in [0.1, 0.15) is 16.6 Å². The van der Waals surface area contributed by atoms with E-state index in [0.29, 0.717) is 0 Å². The second kappa shape index (κ2) is 3.64. The van der Waals surface area contributed by atoms with Crippen molar-refractivity contribution in [1.82, 2.24) is 0 Å². The molecule has 0 aromatic carbocycles. The smallest absolute Gasteiger partial charge is 0.201 e. The third kappa shape index (κ3) is 1.88. The predicted octanol–water partition coefficient (Wildman–Crippen LogP) is 1.97. The van der Waals surface area contributed by atoms with Crippen LogP contribution >= 0.6 is 11.3 Å². The van der Waals surface area contributed by atoms with E-state index in [0.717, 1.165) is 4.88 Å². The van der Waals surface area contributed by atoms with Crippen LogP contribution in [-0.2, 0) is 4.74 Å². The fourth-order valence-electron chi connectivity index (χ4n) is 0.726. The molecule has 0 bridgehead atoms. The summed E-state index contributed by atoms with van der Waals surface area (Å²) in [7, 11) is 1.54. The highest BCUT2D eigenvalue weighted by atomic mass is 32.1. The van der Waals surface area contributed by atoms with Gasteiger partial charge in [0.2, 0.25) is 5.78 Å². The van der Waals surface area contributed by atoms with Gasteiger partial charge in [-0.3, -0.25) is 4.79 Å². The van der Waals surface area contributed by atoms with Gasteiger partial charge >= 0.3 is 0 Å². The third-order valence-electron chi connectivity index (χ3n) is 1.49. The summed E-state index contributed by atoms with van der Waals surface area (Å²) in [6, 6.07) is 3.67. The number of methoxy groups -OCH3 is 1. The number of Topliss-reactive ketones (excluding diaryl/α,β-unsaturated/α-hetero) is 1. The Morgan fingerprint density at radius 1 is 1.73 bits per heavy atom. The average molecular weight is 170 g/mol. The van der Waals surface area contributed by atoms with Crippen LogP contribution in [0.2, 0.25) is 0 Å². The van der Waals surface area contributed by atoms with Crippen LogP contribution in [0.4, 0.5) is 0 Å². The third-order valence-corrected chi connectivity index (χ3v) is 2.37. The van der Waals surface area contributed by atoms with Crippen molar-refractivity contribution in [3.05, 3.63) is 22.4 Å². The summed E-state index contributed by atoms with van der Waals surface area (Å²) in [6.45, 7) is 1.75. The maximum absolute atomic E-state index is 11.3. The van der Waals surface area contributed by atoms with Gasteiger partial charge in [-0.25, -0.2) is 0 Å². The van der Waals surface area contributed by atoms with Crippen molar-refractivity contribution in [3.63, 3.8) is 0 Å². The molecule has 1 aromatic heterocycles. The highest BCUT2D eigenvalue weighted by Gasteiger charge is 2.14. The molecule has 0 saturated heterocycles. The largest absolute Gasteiger partial charge is 0.374 e. The first-order chi connectivity index (χ1) is 5.25. The van der Waals surface area contributed by atoms with Gasteiger partial charge in [0.15, 0.2) is 0 Å². The summed E-state index contributed by atoms with van der Waals surface area (Å²) >= 11 is 1.45. The normalized spacial score (nSPS) is 12.9. The van der Waals surface area contributed by atoms with Crippen LogP contribution in [0.15, 0.2) is 17.5 Å². The summed E-state index contributed by atoms with van der Waals surface area (Å²) < 4.78 is 4.89. The monoisotopic (exact) mass is 170 g/mol. The molecule has 0 N–H and O–H groups in total. The number of ketones is 1. The van der Waals surface area contributed by atoms with Gasteiger partial charge in [-0.2, -0.15) is 0 Å². The Morgan fingerprint density at radius 3 is 2.91 bits per heavy atom. The van der Waals surface area contributed by atoms with E-state index in [1.54, 1.807) is 6.92 Å².